The number of fused-ring (bicyclic) bond motifs is 2. The van der Waals surface area contributed by atoms with Crippen LogP contribution >= 0.6 is 11.3 Å². The van der Waals surface area contributed by atoms with E-state index in [1.807, 2.05) is 24.4 Å². The van der Waals surface area contributed by atoms with Gasteiger partial charge in [0.1, 0.15) is 5.01 Å². The van der Waals surface area contributed by atoms with Crippen molar-refractivity contribution in [2.75, 3.05) is 0 Å². The van der Waals surface area contributed by atoms with Gasteiger partial charge in [-0.3, -0.25) is 4.98 Å². The molecule has 0 aliphatic carbocycles. The topological polar surface area (TPSA) is 54.5 Å². The first-order valence-corrected chi connectivity index (χ1v) is 6.36. The third-order valence-electron chi connectivity index (χ3n) is 2.86. The summed E-state index contributed by atoms with van der Waals surface area (Å²) in [5.41, 5.74) is 4.11. The van der Waals surface area contributed by atoms with Gasteiger partial charge in [0.2, 0.25) is 0 Å². The zero-order valence-corrected chi connectivity index (χ0v) is 10.1. The number of hydrogen-bond donors (Lipinski definition) is 1. The van der Waals surface area contributed by atoms with Crippen LogP contribution in [0.5, 0.6) is 0 Å². The Morgan fingerprint density at radius 1 is 1.11 bits per heavy atom. The van der Waals surface area contributed by atoms with Crippen molar-refractivity contribution >= 4 is 32.6 Å². The number of H-pyrrole nitrogens is 1. The molecule has 0 fully saturated rings. The quantitative estimate of drug-likeness (QED) is 0.566. The third-order valence-corrected chi connectivity index (χ3v) is 3.91. The molecule has 0 aliphatic heterocycles. The molecule has 5 heteroatoms. The highest BCUT2D eigenvalue weighted by molar-refractivity contribution is 7.21. The Labute approximate surface area is 106 Å². The second kappa shape index (κ2) is 3.61. The molecule has 0 amide bonds. The maximum atomic E-state index is 4.62. The fourth-order valence-corrected chi connectivity index (χ4v) is 2.90. The Morgan fingerprint density at radius 2 is 2.11 bits per heavy atom. The van der Waals surface area contributed by atoms with Gasteiger partial charge in [-0.2, -0.15) is 0 Å². The Morgan fingerprint density at radius 3 is 3.06 bits per heavy atom. The number of nitrogens with zero attached hydrogens (tertiary/aromatic N) is 3. The van der Waals surface area contributed by atoms with Crippen molar-refractivity contribution in [1.82, 2.24) is 19.9 Å². The summed E-state index contributed by atoms with van der Waals surface area (Å²) in [7, 11) is 0. The molecule has 1 N–H and O–H groups in total. The lowest BCUT2D eigenvalue weighted by atomic mass is 10.2. The summed E-state index contributed by atoms with van der Waals surface area (Å²) in [6.45, 7) is 0. The maximum Gasteiger partial charge on any atom is 0.124 e. The molecule has 4 rings (SSSR count). The fourth-order valence-electron chi connectivity index (χ4n) is 1.97. The summed E-state index contributed by atoms with van der Waals surface area (Å²) in [5.74, 6) is 0. The van der Waals surface area contributed by atoms with Crippen LogP contribution in [0.15, 0.2) is 43.0 Å². The molecule has 0 radical (unpaired) electrons. The number of pyridine rings is 1. The summed E-state index contributed by atoms with van der Waals surface area (Å²) < 4.78 is 1.11. The van der Waals surface area contributed by atoms with Crippen LogP contribution in [-0.2, 0) is 0 Å². The van der Waals surface area contributed by atoms with Gasteiger partial charge >= 0.3 is 0 Å². The normalized spacial score (nSPS) is 11.3. The molecule has 0 bridgehead atoms. The van der Waals surface area contributed by atoms with Crippen molar-refractivity contribution in [2.24, 2.45) is 0 Å². The molecule has 0 aliphatic rings. The van der Waals surface area contributed by atoms with E-state index in [4.69, 9.17) is 0 Å². The van der Waals surface area contributed by atoms with Crippen LogP contribution < -0.4 is 0 Å². The van der Waals surface area contributed by atoms with Crippen molar-refractivity contribution in [2.45, 2.75) is 0 Å². The van der Waals surface area contributed by atoms with Gasteiger partial charge in [-0.05, 0) is 24.3 Å². The van der Waals surface area contributed by atoms with E-state index in [0.717, 1.165) is 31.8 Å². The van der Waals surface area contributed by atoms with Crippen molar-refractivity contribution in [1.29, 1.82) is 0 Å². The number of hydrogen-bond acceptors (Lipinski definition) is 4. The van der Waals surface area contributed by atoms with Crippen LogP contribution in [0.3, 0.4) is 0 Å². The van der Waals surface area contributed by atoms with Crippen LogP contribution in [0.1, 0.15) is 0 Å². The minimum absolute atomic E-state index is 0.974. The molecule has 0 spiro atoms. The number of imidazole rings is 1. The minimum atomic E-state index is 0.974. The molecule has 3 heterocycles. The number of aromatic nitrogens is 4. The van der Waals surface area contributed by atoms with Crippen LogP contribution in [0, 0.1) is 0 Å². The summed E-state index contributed by atoms with van der Waals surface area (Å²) in [5, 5.41) is 1.01. The van der Waals surface area contributed by atoms with E-state index < -0.39 is 0 Å². The Hall–Kier alpha value is -2.27. The number of nitrogens with one attached hydrogen (secondary N) is 1. The van der Waals surface area contributed by atoms with E-state index in [1.54, 1.807) is 23.9 Å². The highest BCUT2D eigenvalue weighted by Crippen LogP contribution is 2.30. The van der Waals surface area contributed by atoms with Gasteiger partial charge in [0.15, 0.2) is 0 Å². The molecule has 86 valence electrons. The number of benzene rings is 1. The SMILES string of the molecule is c1cc2nc(-c3ccc4nc[nH]c4c3)sc2cn1. The standard InChI is InChI=1S/C13H8N4S/c1-2-9-11(16-7-15-9)5-8(1)13-17-10-3-4-14-6-12(10)18-13/h1-7H,(H,15,16). The highest BCUT2D eigenvalue weighted by atomic mass is 32.1. The van der Waals surface area contributed by atoms with Crippen LogP contribution in [-0.4, -0.2) is 19.9 Å². The average molecular weight is 252 g/mol. The molecule has 0 unspecified atom stereocenters. The lowest BCUT2D eigenvalue weighted by Gasteiger charge is -1.95. The molecule has 4 nitrogen and oxygen atoms in total. The molecule has 1 aromatic carbocycles. The summed E-state index contributed by atoms with van der Waals surface area (Å²) in [6, 6.07) is 8.07. The van der Waals surface area contributed by atoms with Gasteiger partial charge in [-0.15, -0.1) is 11.3 Å². The van der Waals surface area contributed by atoms with Gasteiger partial charge in [0.05, 0.1) is 27.6 Å². The van der Waals surface area contributed by atoms with E-state index in [9.17, 15) is 0 Å². The van der Waals surface area contributed by atoms with E-state index in [-0.39, 0.29) is 0 Å². The fraction of sp³-hybridized carbons (Fsp3) is 0. The van der Waals surface area contributed by atoms with E-state index in [2.05, 4.69) is 26.0 Å². The van der Waals surface area contributed by atoms with Gasteiger partial charge < -0.3 is 4.98 Å². The summed E-state index contributed by atoms with van der Waals surface area (Å²) in [6.07, 6.45) is 5.33. The minimum Gasteiger partial charge on any atom is -0.345 e. The number of aromatic amines is 1. The van der Waals surface area contributed by atoms with E-state index in [0.29, 0.717) is 0 Å². The van der Waals surface area contributed by atoms with Crippen molar-refractivity contribution in [3.8, 4) is 10.6 Å². The number of thiazole rings is 1. The molecule has 18 heavy (non-hydrogen) atoms. The van der Waals surface area contributed by atoms with Gasteiger partial charge in [-0.25, -0.2) is 9.97 Å². The molecular formula is C13H8N4S. The number of rotatable bonds is 1. The van der Waals surface area contributed by atoms with Crippen molar-refractivity contribution < 1.29 is 0 Å². The zero-order valence-electron chi connectivity index (χ0n) is 9.29. The first-order chi connectivity index (χ1) is 8.90. The lowest BCUT2D eigenvalue weighted by molar-refractivity contribution is 1.34. The molecule has 3 aromatic heterocycles. The molecular weight excluding hydrogens is 244 g/mol. The first-order valence-electron chi connectivity index (χ1n) is 5.54. The Balaban J connectivity index is 1.94. The molecule has 0 saturated carbocycles. The van der Waals surface area contributed by atoms with Crippen LogP contribution in [0.25, 0.3) is 31.8 Å². The third kappa shape index (κ3) is 1.41. The lowest BCUT2D eigenvalue weighted by Crippen LogP contribution is -1.76. The highest BCUT2D eigenvalue weighted by Gasteiger charge is 2.07. The summed E-state index contributed by atoms with van der Waals surface area (Å²) >= 11 is 1.65. The molecule has 0 saturated heterocycles. The largest absolute Gasteiger partial charge is 0.345 e. The van der Waals surface area contributed by atoms with E-state index in [1.165, 1.54) is 0 Å². The van der Waals surface area contributed by atoms with Gasteiger partial charge in [0, 0.05) is 18.0 Å². The van der Waals surface area contributed by atoms with Crippen molar-refractivity contribution in [3.63, 3.8) is 0 Å². The first kappa shape index (κ1) is 9.73. The van der Waals surface area contributed by atoms with Crippen LogP contribution in [0.2, 0.25) is 0 Å². The second-order valence-corrected chi connectivity index (χ2v) is 5.03. The van der Waals surface area contributed by atoms with Crippen LogP contribution in [0.4, 0.5) is 0 Å². The van der Waals surface area contributed by atoms with Gasteiger partial charge in [-0.1, -0.05) is 0 Å². The Kier molecular flexibility index (Phi) is 1.95. The molecule has 4 aromatic rings. The van der Waals surface area contributed by atoms with Crippen molar-refractivity contribution in [3.05, 3.63) is 43.0 Å². The monoisotopic (exact) mass is 252 g/mol. The predicted octanol–water partition coefficient (Wildman–Crippen LogP) is 3.23. The van der Waals surface area contributed by atoms with Gasteiger partial charge in [0.25, 0.3) is 0 Å². The predicted molar refractivity (Wildman–Crippen MR) is 72.5 cm³/mol. The van der Waals surface area contributed by atoms with E-state index >= 15 is 0 Å². The smallest absolute Gasteiger partial charge is 0.124 e. The zero-order chi connectivity index (χ0) is 11.9. The Bertz CT molecular complexity index is 813. The average Bonchev–Trinajstić information content (AvgIpc) is 3.04. The maximum absolute atomic E-state index is 4.62. The molecule has 0 atom stereocenters. The summed E-state index contributed by atoms with van der Waals surface area (Å²) in [4.78, 5) is 16.1. The second-order valence-electron chi connectivity index (χ2n) is 4.00.